The standard InChI is InChI=1S/C20H18F3NO3/c1-27-19(26)17(9-5-8-14-6-3-2-4-7-14)24-18(25)15-10-12-16(13-11-15)20(21,22)23/h2-8,10-13,17H,9H2,1H3,(H,24,25)/b8-5+/t17-/m0/s1. The molecule has 0 aliphatic rings. The second-order valence-corrected chi connectivity index (χ2v) is 5.67. The van der Waals surface area contributed by atoms with E-state index in [1.54, 1.807) is 12.2 Å². The highest BCUT2D eigenvalue weighted by atomic mass is 19.4. The van der Waals surface area contributed by atoms with Gasteiger partial charge in [0.05, 0.1) is 12.7 Å². The maximum absolute atomic E-state index is 12.6. The molecule has 0 saturated carbocycles. The molecule has 1 atom stereocenters. The lowest BCUT2D eigenvalue weighted by Gasteiger charge is -2.15. The lowest BCUT2D eigenvalue weighted by Crippen LogP contribution is -2.41. The van der Waals surface area contributed by atoms with Crippen LogP contribution < -0.4 is 5.32 Å². The lowest BCUT2D eigenvalue weighted by atomic mass is 10.1. The molecule has 4 nitrogen and oxygen atoms in total. The van der Waals surface area contributed by atoms with Crippen molar-refractivity contribution < 1.29 is 27.5 Å². The van der Waals surface area contributed by atoms with Crippen molar-refractivity contribution in [3.05, 3.63) is 77.4 Å². The fourth-order valence-electron chi connectivity index (χ4n) is 2.31. The van der Waals surface area contributed by atoms with Gasteiger partial charge in [-0.2, -0.15) is 13.2 Å². The first kappa shape index (κ1) is 20.2. The Kier molecular flexibility index (Phi) is 6.76. The van der Waals surface area contributed by atoms with Crippen LogP contribution in [0.25, 0.3) is 6.08 Å². The number of nitrogens with one attached hydrogen (secondary N) is 1. The van der Waals surface area contributed by atoms with Crippen molar-refractivity contribution in [1.29, 1.82) is 0 Å². The smallest absolute Gasteiger partial charge is 0.416 e. The zero-order chi connectivity index (χ0) is 19.9. The third kappa shape index (κ3) is 5.99. The SMILES string of the molecule is COC(=O)[C@H](C/C=C/c1ccccc1)NC(=O)c1ccc(C(F)(F)F)cc1. The fourth-order valence-corrected chi connectivity index (χ4v) is 2.31. The molecule has 142 valence electrons. The Morgan fingerprint density at radius 2 is 1.70 bits per heavy atom. The number of hydrogen-bond donors (Lipinski definition) is 1. The highest BCUT2D eigenvalue weighted by Gasteiger charge is 2.30. The van der Waals surface area contributed by atoms with Crippen LogP contribution in [0.4, 0.5) is 13.2 Å². The molecule has 7 heteroatoms. The summed E-state index contributed by atoms with van der Waals surface area (Å²) in [5.41, 5.74) is 0.0912. The summed E-state index contributed by atoms with van der Waals surface area (Å²) in [4.78, 5) is 24.1. The summed E-state index contributed by atoms with van der Waals surface area (Å²) >= 11 is 0. The van der Waals surface area contributed by atoms with Crippen LogP contribution in [0, 0.1) is 0 Å². The minimum atomic E-state index is -4.48. The summed E-state index contributed by atoms with van der Waals surface area (Å²) in [6.45, 7) is 0. The maximum Gasteiger partial charge on any atom is 0.416 e. The predicted octanol–water partition coefficient (Wildman–Crippen LogP) is 4.08. The number of carbonyl (C=O) groups excluding carboxylic acids is 2. The van der Waals surface area contributed by atoms with Gasteiger partial charge in [-0.1, -0.05) is 42.5 Å². The van der Waals surface area contributed by atoms with E-state index in [2.05, 4.69) is 10.1 Å². The Hall–Kier alpha value is -3.09. The second kappa shape index (κ2) is 9.02. The number of carbonyl (C=O) groups is 2. The van der Waals surface area contributed by atoms with E-state index in [1.165, 1.54) is 7.11 Å². The van der Waals surface area contributed by atoms with Crippen LogP contribution in [0.5, 0.6) is 0 Å². The van der Waals surface area contributed by atoms with Crippen LogP contribution in [0.15, 0.2) is 60.7 Å². The highest BCUT2D eigenvalue weighted by molar-refractivity contribution is 5.96. The number of methoxy groups -OCH3 is 1. The minimum absolute atomic E-state index is 0.0175. The van der Waals surface area contributed by atoms with Gasteiger partial charge in [-0.15, -0.1) is 0 Å². The van der Waals surface area contributed by atoms with Gasteiger partial charge in [0.2, 0.25) is 0 Å². The molecule has 2 aromatic carbocycles. The molecular formula is C20H18F3NO3. The molecule has 0 fully saturated rings. The first-order valence-corrected chi connectivity index (χ1v) is 8.09. The van der Waals surface area contributed by atoms with E-state index in [0.717, 1.165) is 29.8 Å². The molecule has 2 rings (SSSR count). The molecule has 27 heavy (non-hydrogen) atoms. The van der Waals surface area contributed by atoms with Crippen molar-refractivity contribution in [3.8, 4) is 0 Å². The molecular weight excluding hydrogens is 359 g/mol. The van der Waals surface area contributed by atoms with Crippen LogP contribution in [0.1, 0.15) is 27.9 Å². The quantitative estimate of drug-likeness (QED) is 0.772. The van der Waals surface area contributed by atoms with E-state index in [1.807, 2.05) is 30.3 Å². The first-order chi connectivity index (χ1) is 12.8. The van der Waals surface area contributed by atoms with E-state index in [4.69, 9.17) is 0 Å². The van der Waals surface area contributed by atoms with Crippen molar-refractivity contribution in [2.24, 2.45) is 0 Å². The zero-order valence-electron chi connectivity index (χ0n) is 14.5. The predicted molar refractivity (Wildman–Crippen MR) is 94.8 cm³/mol. The van der Waals surface area contributed by atoms with Gasteiger partial charge in [0, 0.05) is 5.56 Å². The molecule has 0 spiro atoms. The van der Waals surface area contributed by atoms with Crippen LogP contribution in [-0.2, 0) is 15.7 Å². The lowest BCUT2D eigenvalue weighted by molar-refractivity contribution is -0.142. The Balaban J connectivity index is 2.05. The van der Waals surface area contributed by atoms with Crippen molar-refractivity contribution in [2.75, 3.05) is 7.11 Å². The summed E-state index contributed by atoms with van der Waals surface area (Å²) in [6, 6.07) is 12.2. The van der Waals surface area contributed by atoms with Crippen molar-refractivity contribution in [2.45, 2.75) is 18.6 Å². The van der Waals surface area contributed by atoms with Gasteiger partial charge < -0.3 is 10.1 Å². The molecule has 0 aromatic heterocycles. The van der Waals surface area contributed by atoms with Gasteiger partial charge in [0.1, 0.15) is 6.04 Å². The van der Waals surface area contributed by atoms with Gasteiger partial charge in [0.15, 0.2) is 0 Å². The van der Waals surface area contributed by atoms with Gasteiger partial charge >= 0.3 is 12.1 Å². The van der Waals surface area contributed by atoms with E-state index >= 15 is 0 Å². The Bertz CT molecular complexity index is 799. The average molecular weight is 377 g/mol. The summed E-state index contributed by atoms with van der Waals surface area (Å²) < 4.78 is 42.5. The number of halogens is 3. The number of benzene rings is 2. The van der Waals surface area contributed by atoms with Crippen molar-refractivity contribution in [3.63, 3.8) is 0 Å². The van der Waals surface area contributed by atoms with Crippen LogP contribution in [-0.4, -0.2) is 25.0 Å². The third-order valence-corrected chi connectivity index (χ3v) is 3.75. The summed E-state index contributed by atoms with van der Waals surface area (Å²) in [7, 11) is 1.19. The van der Waals surface area contributed by atoms with Gasteiger partial charge in [0.25, 0.3) is 5.91 Å². The average Bonchev–Trinajstić information content (AvgIpc) is 2.66. The summed E-state index contributed by atoms with van der Waals surface area (Å²) in [5, 5.41) is 2.48. The van der Waals surface area contributed by atoms with E-state index in [9.17, 15) is 22.8 Å². The monoisotopic (exact) mass is 377 g/mol. The Labute approximate surface area is 154 Å². The fraction of sp³-hybridized carbons (Fsp3) is 0.200. The number of esters is 1. The Morgan fingerprint density at radius 1 is 1.07 bits per heavy atom. The third-order valence-electron chi connectivity index (χ3n) is 3.75. The Morgan fingerprint density at radius 3 is 2.26 bits per heavy atom. The molecule has 0 aliphatic carbocycles. The molecule has 2 aromatic rings. The minimum Gasteiger partial charge on any atom is -0.467 e. The van der Waals surface area contributed by atoms with Crippen LogP contribution in [0.3, 0.4) is 0 Å². The summed E-state index contributed by atoms with van der Waals surface area (Å²) in [5.74, 6) is -1.31. The van der Waals surface area contributed by atoms with Crippen LogP contribution in [0.2, 0.25) is 0 Å². The normalized spacial score (nSPS) is 12.6. The van der Waals surface area contributed by atoms with E-state index in [-0.39, 0.29) is 12.0 Å². The number of ether oxygens (including phenoxy) is 1. The topological polar surface area (TPSA) is 55.4 Å². The molecule has 0 unspecified atom stereocenters. The van der Waals surface area contributed by atoms with Crippen molar-refractivity contribution in [1.82, 2.24) is 5.32 Å². The molecule has 0 radical (unpaired) electrons. The van der Waals surface area contributed by atoms with Gasteiger partial charge in [-0.3, -0.25) is 4.79 Å². The maximum atomic E-state index is 12.6. The number of amides is 1. The summed E-state index contributed by atoms with van der Waals surface area (Å²) in [6.07, 6.45) is -0.802. The van der Waals surface area contributed by atoms with Crippen LogP contribution >= 0.6 is 0 Å². The highest BCUT2D eigenvalue weighted by Crippen LogP contribution is 2.29. The van der Waals surface area contributed by atoms with Gasteiger partial charge in [-0.25, -0.2) is 4.79 Å². The second-order valence-electron chi connectivity index (χ2n) is 5.67. The molecule has 0 saturated heterocycles. The number of hydrogen-bond acceptors (Lipinski definition) is 3. The molecule has 0 heterocycles. The number of alkyl halides is 3. The van der Waals surface area contributed by atoms with E-state index < -0.39 is 29.7 Å². The molecule has 1 N–H and O–H groups in total. The zero-order valence-corrected chi connectivity index (χ0v) is 14.5. The van der Waals surface area contributed by atoms with E-state index in [0.29, 0.717) is 0 Å². The molecule has 0 bridgehead atoms. The first-order valence-electron chi connectivity index (χ1n) is 8.09. The molecule has 1 amide bonds. The molecule has 0 aliphatic heterocycles. The number of rotatable bonds is 6. The van der Waals surface area contributed by atoms with Gasteiger partial charge in [-0.05, 0) is 36.2 Å². The largest absolute Gasteiger partial charge is 0.467 e. The van der Waals surface area contributed by atoms with Crippen molar-refractivity contribution >= 4 is 18.0 Å².